The number of hydrogen-bond donors (Lipinski definition) is 3. The van der Waals surface area contributed by atoms with Crippen molar-refractivity contribution in [3.05, 3.63) is 58.7 Å². The zero-order chi connectivity index (χ0) is 33.1. The van der Waals surface area contributed by atoms with E-state index in [-0.39, 0.29) is 65.3 Å². The fourth-order valence-corrected chi connectivity index (χ4v) is 9.14. The molecule has 0 unspecified atom stereocenters. The van der Waals surface area contributed by atoms with Crippen LogP contribution in [0.5, 0.6) is 11.5 Å². The second kappa shape index (κ2) is 14.7. The first kappa shape index (κ1) is 33.4. The number of ether oxygens (including phenoxy) is 2. The van der Waals surface area contributed by atoms with E-state index in [2.05, 4.69) is 43.9 Å². The molecule has 0 heterocycles. The molecule has 5 aliphatic rings. The molecule has 0 radical (unpaired) electrons. The zero-order valence-corrected chi connectivity index (χ0v) is 28.4. The Morgan fingerprint density at radius 2 is 1.98 bits per heavy atom. The molecule has 1 aromatic rings. The predicted octanol–water partition coefficient (Wildman–Crippen LogP) is 6.86. The lowest BCUT2D eigenvalue weighted by Gasteiger charge is -2.52. The highest BCUT2D eigenvalue weighted by atomic mass is 16.5. The van der Waals surface area contributed by atoms with Gasteiger partial charge in [0.25, 0.3) is 0 Å². The van der Waals surface area contributed by atoms with Gasteiger partial charge in [-0.15, -0.1) is 0 Å². The largest absolute Gasteiger partial charge is 0.504 e. The number of aryl methyl sites for hydroxylation is 1. The van der Waals surface area contributed by atoms with E-state index in [4.69, 9.17) is 25.9 Å². The number of ketones is 1. The fourth-order valence-electron chi connectivity index (χ4n) is 9.14. The van der Waals surface area contributed by atoms with E-state index >= 15 is 0 Å². The van der Waals surface area contributed by atoms with E-state index < -0.39 is 0 Å². The average molecular weight is 640 g/mol. The molecule has 6 rings (SSSR count). The Morgan fingerprint density at radius 1 is 1.17 bits per heavy atom. The first-order valence-corrected chi connectivity index (χ1v) is 18.0. The molecule has 4 bridgehead atoms. The summed E-state index contributed by atoms with van der Waals surface area (Å²) in [4.78, 5) is 17.7. The van der Waals surface area contributed by atoms with Gasteiger partial charge in [-0.05, 0) is 93.2 Å². The summed E-state index contributed by atoms with van der Waals surface area (Å²) in [7, 11) is 1.79. The van der Waals surface area contributed by atoms with Crippen LogP contribution in [0.15, 0.2) is 47.0 Å². The molecule has 8 atom stereocenters. The highest BCUT2D eigenvalue weighted by Crippen LogP contribution is 2.59. The summed E-state index contributed by atoms with van der Waals surface area (Å²) in [6, 6.07) is 1.76. The maximum atomic E-state index is 13.0. The number of benzene rings is 1. The fraction of sp³-hybridized carbons (Fsp3) is 0.600. The number of aromatic hydroxyl groups is 1. The SMILES string of the molecule is CCCC=CC(=O)CCc1cc(OC2CCCC2)c(O)c2c1C#CC[C@H](N=C(N)N)[C@@H]1C=C[C@H](OC)[C@H]3[C@@H]1C=C1CC[C@H](C)C[C@H]1[C@H]23. The number of carbonyl (C=O) groups is 1. The van der Waals surface area contributed by atoms with Gasteiger partial charge in [0, 0.05) is 48.8 Å². The molecule has 47 heavy (non-hydrogen) atoms. The van der Waals surface area contributed by atoms with Crippen LogP contribution < -0.4 is 16.2 Å². The third-order valence-electron chi connectivity index (χ3n) is 11.4. The molecule has 0 amide bonds. The van der Waals surface area contributed by atoms with E-state index in [1.807, 2.05) is 12.1 Å². The van der Waals surface area contributed by atoms with Crippen LogP contribution in [0.1, 0.15) is 107 Å². The van der Waals surface area contributed by atoms with Crippen molar-refractivity contribution in [3.8, 4) is 23.3 Å². The number of phenolic OH excluding ortho intramolecular Hbond substituents is 1. The van der Waals surface area contributed by atoms with Crippen molar-refractivity contribution in [1.29, 1.82) is 0 Å². The third-order valence-corrected chi connectivity index (χ3v) is 11.4. The van der Waals surface area contributed by atoms with Crippen LogP contribution in [-0.4, -0.2) is 42.2 Å². The van der Waals surface area contributed by atoms with E-state index in [0.717, 1.165) is 74.5 Å². The number of rotatable bonds is 10. The summed E-state index contributed by atoms with van der Waals surface area (Å²) in [5.41, 5.74) is 16.1. The van der Waals surface area contributed by atoms with Crippen molar-refractivity contribution in [2.24, 2.45) is 46.0 Å². The molecule has 2 fully saturated rings. The van der Waals surface area contributed by atoms with Crippen molar-refractivity contribution < 1.29 is 19.4 Å². The summed E-state index contributed by atoms with van der Waals surface area (Å²) in [5.74, 6) is 8.87. The number of methoxy groups -OCH3 is 1. The van der Waals surface area contributed by atoms with Crippen LogP contribution in [0.4, 0.5) is 0 Å². The lowest BCUT2D eigenvalue weighted by atomic mass is 9.53. The number of allylic oxidation sites excluding steroid dienone is 4. The first-order valence-electron chi connectivity index (χ1n) is 18.0. The first-order chi connectivity index (χ1) is 22.8. The van der Waals surface area contributed by atoms with E-state index in [1.165, 1.54) is 5.57 Å². The third kappa shape index (κ3) is 7.04. The topological polar surface area (TPSA) is 120 Å². The van der Waals surface area contributed by atoms with Gasteiger partial charge in [0.1, 0.15) is 0 Å². The highest BCUT2D eigenvalue weighted by Gasteiger charge is 2.52. The van der Waals surface area contributed by atoms with Gasteiger partial charge in [-0.2, -0.15) is 0 Å². The number of carbonyl (C=O) groups excluding carboxylic acids is 1. The highest BCUT2D eigenvalue weighted by molar-refractivity contribution is 5.89. The van der Waals surface area contributed by atoms with Gasteiger partial charge in [0.2, 0.25) is 0 Å². The molecule has 0 aliphatic heterocycles. The number of phenols is 1. The van der Waals surface area contributed by atoms with Crippen molar-refractivity contribution in [1.82, 2.24) is 0 Å². The number of nitrogens with zero attached hydrogens (tertiary/aromatic N) is 1. The van der Waals surface area contributed by atoms with Gasteiger partial charge < -0.3 is 26.0 Å². The van der Waals surface area contributed by atoms with Crippen molar-refractivity contribution in [2.75, 3.05) is 7.11 Å². The molecule has 2 saturated carbocycles. The van der Waals surface area contributed by atoms with Crippen molar-refractivity contribution >= 4 is 11.7 Å². The summed E-state index contributed by atoms with van der Waals surface area (Å²) in [6.45, 7) is 4.45. The lowest BCUT2D eigenvalue weighted by Crippen LogP contribution is -2.48. The second-order valence-electron chi connectivity index (χ2n) is 14.6. The maximum absolute atomic E-state index is 13.0. The molecule has 252 valence electrons. The number of fused-ring (bicyclic) bond motifs is 4. The van der Waals surface area contributed by atoms with E-state index in [1.54, 1.807) is 13.2 Å². The molecule has 7 nitrogen and oxygen atoms in total. The van der Waals surface area contributed by atoms with Crippen LogP contribution in [0, 0.1) is 41.4 Å². The molecular formula is C40H53N3O4. The van der Waals surface area contributed by atoms with Crippen molar-refractivity contribution in [3.63, 3.8) is 0 Å². The maximum Gasteiger partial charge on any atom is 0.186 e. The van der Waals surface area contributed by atoms with Crippen LogP contribution in [0.2, 0.25) is 0 Å². The zero-order valence-electron chi connectivity index (χ0n) is 28.4. The quantitative estimate of drug-likeness (QED) is 0.0846. The van der Waals surface area contributed by atoms with E-state index in [0.29, 0.717) is 30.9 Å². The Balaban J connectivity index is 1.57. The van der Waals surface area contributed by atoms with Gasteiger partial charge in [-0.1, -0.05) is 62.0 Å². The smallest absolute Gasteiger partial charge is 0.186 e. The van der Waals surface area contributed by atoms with Crippen LogP contribution >= 0.6 is 0 Å². The molecule has 0 spiro atoms. The Labute approximate surface area is 280 Å². The van der Waals surface area contributed by atoms with Gasteiger partial charge in [0.05, 0.1) is 18.2 Å². The van der Waals surface area contributed by atoms with Gasteiger partial charge in [-0.25, -0.2) is 4.99 Å². The van der Waals surface area contributed by atoms with Gasteiger partial charge >= 0.3 is 0 Å². The summed E-state index contributed by atoms with van der Waals surface area (Å²) in [6.07, 6.45) is 21.3. The van der Waals surface area contributed by atoms with Gasteiger partial charge in [0.15, 0.2) is 23.2 Å². The number of aliphatic imine (C=N–C) groups is 1. The summed E-state index contributed by atoms with van der Waals surface area (Å²) in [5, 5.41) is 12.4. The Kier molecular flexibility index (Phi) is 10.5. The van der Waals surface area contributed by atoms with Gasteiger partial charge in [-0.3, -0.25) is 4.79 Å². The molecule has 0 saturated heterocycles. The molecule has 7 heteroatoms. The molecule has 0 aromatic heterocycles. The summed E-state index contributed by atoms with van der Waals surface area (Å²) >= 11 is 0. The molecule has 1 aromatic carbocycles. The van der Waals surface area contributed by atoms with Crippen molar-refractivity contribution in [2.45, 2.75) is 115 Å². The monoisotopic (exact) mass is 639 g/mol. The normalized spacial score (nSPS) is 31.3. The predicted molar refractivity (Wildman–Crippen MR) is 187 cm³/mol. The minimum Gasteiger partial charge on any atom is -0.504 e. The number of hydrogen-bond acceptors (Lipinski definition) is 5. The van der Waals surface area contributed by atoms with E-state index in [9.17, 15) is 9.90 Å². The lowest BCUT2D eigenvalue weighted by molar-refractivity contribution is -0.114. The van der Waals surface area contributed by atoms with Crippen LogP contribution in [0.25, 0.3) is 0 Å². The number of guanidine groups is 1. The minimum atomic E-state index is -0.209. The molecular weight excluding hydrogens is 586 g/mol. The second-order valence-corrected chi connectivity index (χ2v) is 14.6. The van der Waals surface area contributed by atoms with Crippen LogP contribution in [0.3, 0.4) is 0 Å². The Morgan fingerprint density at radius 3 is 2.72 bits per heavy atom. The standard InChI is InChI=1S/C40H53N3O4/c1-4-5-6-10-27(44)18-17-26-23-35(47-28-11-7-8-12-28)39(45)38-29(26)13-9-14-33(43-40(41)42)30-19-20-34(46-3)36-32(30)22-25-16-15-24(2)21-31(25)37(36)38/h6,10,19-20,22-24,28,30-34,36-37,45H,4-5,7-8,11-12,14-18,21H2,1-3H3,(H4,41,42,43)/t24-,30+,31+,32+,33-,34-,36+,37-/m0/s1. The Hall–Kier alpha value is -3.50. The molecule has 5 N–H and O–H groups in total. The molecule has 5 aliphatic carbocycles. The minimum absolute atomic E-state index is 0.0449. The Bertz CT molecular complexity index is 1500. The number of nitrogens with two attached hydrogens (primary N) is 2. The summed E-state index contributed by atoms with van der Waals surface area (Å²) < 4.78 is 12.9. The van der Waals surface area contributed by atoms with Crippen LogP contribution in [-0.2, 0) is 16.0 Å². The number of unbranched alkanes of at least 4 members (excludes halogenated alkanes) is 1. The average Bonchev–Trinajstić information content (AvgIpc) is 3.56.